The molecule has 1 aliphatic rings. The largest absolute Gasteiger partial charge is 0.375 e. The highest BCUT2D eigenvalue weighted by Gasteiger charge is 2.33. The lowest BCUT2D eigenvalue weighted by molar-refractivity contribution is 0.510. The molecule has 60 valence electrons. The van der Waals surface area contributed by atoms with E-state index in [0.717, 1.165) is 11.6 Å². The minimum Gasteiger partial charge on any atom is -0.375 e. The van der Waals surface area contributed by atoms with E-state index >= 15 is 0 Å². The van der Waals surface area contributed by atoms with Gasteiger partial charge in [-0.05, 0) is 12.8 Å². The smallest absolute Gasteiger partial charge is 0.180 e. The second-order valence-corrected chi connectivity index (χ2v) is 4.82. The Morgan fingerprint density at radius 3 is 2.91 bits per heavy atom. The summed E-state index contributed by atoms with van der Waals surface area (Å²) in [6.07, 6.45) is 2.39. The molecule has 0 radical (unpaired) electrons. The fourth-order valence-electron chi connectivity index (χ4n) is 1.61. The lowest BCUT2D eigenvalue weighted by Crippen LogP contribution is -2.12. The van der Waals surface area contributed by atoms with Crippen LogP contribution in [0.4, 0.5) is 5.13 Å². The van der Waals surface area contributed by atoms with Crippen molar-refractivity contribution in [3.63, 3.8) is 0 Å². The van der Waals surface area contributed by atoms with Crippen LogP contribution >= 0.6 is 11.3 Å². The maximum absolute atomic E-state index is 5.62. The molecule has 0 atom stereocenters. The monoisotopic (exact) mass is 168 g/mol. The second kappa shape index (κ2) is 1.97. The fraction of sp³-hybridized carbons (Fsp3) is 0.625. The highest BCUT2D eigenvalue weighted by atomic mass is 32.1. The fourth-order valence-corrected chi connectivity index (χ4v) is 2.62. The van der Waals surface area contributed by atoms with Crippen molar-refractivity contribution < 1.29 is 0 Å². The summed E-state index contributed by atoms with van der Waals surface area (Å²) in [6.45, 7) is 4.47. The SMILES string of the molecule is CC1(C)CCc2sc(N)nc21. The molecule has 2 N–H and O–H groups in total. The number of aromatic nitrogens is 1. The number of thiazole rings is 1. The van der Waals surface area contributed by atoms with Crippen LogP contribution in [0, 0.1) is 0 Å². The summed E-state index contributed by atoms with van der Waals surface area (Å²) in [7, 11) is 0. The lowest BCUT2D eigenvalue weighted by atomic mass is 9.91. The van der Waals surface area contributed by atoms with E-state index in [2.05, 4.69) is 18.8 Å². The maximum atomic E-state index is 5.62. The third kappa shape index (κ3) is 0.948. The number of hydrogen-bond acceptors (Lipinski definition) is 3. The lowest BCUT2D eigenvalue weighted by Gasteiger charge is -2.14. The molecule has 1 heterocycles. The van der Waals surface area contributed by atoms with Gasteiger partial charge >= 0.3 is 0 Å². The molecule has 0 unspecified atom stereocenters. The number of nitrogens with zero attached hydrogens (tertiary/aromatic N) is 1. The molecule has 0 amide bonds. The van der Waals surface area contributed by atoms with Crippen molar-refractivity contribution in [3.05, 3.63) is 10.6 Å². The van der Waals surface area contributed by atoms with Gasteiger partial charge in [0.1, 0.15) is 0 Å². The zero-order valence-electron chi connectivity index (χ0n) is 6.85. The van der Waals surface area contributed by atoms with Crippen LogP contribution in [0.1, 0.15) is 30.8 Å². The Balaban J connectivity index is 2.54. The normalized spacial score (nSPS) is 20.2. The number of fused-ring (bicyclic) bond motifs is 1. The van der Waals surface area contributed by atoms with E-state index in [9.17, 15) is 0 Å². The Labute approximate surface area is 70.5 Å². The first-order valence-corrected chi connectivity index (χ1v) is 4.67. The van der Waals surface area contributed by atoms with E-state index in [1.165, 1.54) is 17.0 Å². The summed E-state index contributed by atoms with van der Waals surface area (Å²) in [5, 5.41) is 0.725. The first kappa shape index (κ1) is 7.10. The molecule has 1 aromatic heterocycles. The average Bonchev–Trinajstić information content (AvgIpc) is 2.35. The van der Waals surface area contributed by atoms with Gasteiger partial charge in [-0.25, -0.2) is 4.98 Å². The van der Waals surface area contributed by atoms with Crippen LogP contribution in [-0.4, -0.2) is 4.98 Å². The van der Waals surface area contributed by atoms with E-state index in [0.29, 0.717) is 0 Å². The molecule has 2 nitrogen and oxygen atoms in total. The molecule has 0 aliphatic heterocycles. The predicted octanol–water partition coefficient (Wildman–Crippen LogP) is 1.95. The summed E-state index contributed by atoms with van der Waals surface area (Å²) < 4.78 is 0. The van der Waals surface area contributed by atoms with Crippen LogP contribution in [0.15, 0.2) is 0 Å². The summed E-state index contributed by atoms with van der Waals surface area (Å²) in [5.74, 6) is 0. The highest BCUT2D eigenvalue weighted by Crippen LogP contribution is 2.41. The Kier molecular flexibility index (Phi) is 1.27. The molecule has 3 heteroatoms. The van der Waals surface area contributed by atoms with E-state index in [-0.39, 0.29) is 5.41 Å². The molecule has 1 aliphatic carbocycles. The quantitative estimate of drug-likeness (QED) is 0.643. The first-order chi connectivity index (χ1) is 5.09. The molecular formula is C8H12N2S. The Hall–Kier alpha value is -0.570. The van der Waals surface area contributed by atoms with Gasteiger partial charge in [0.05, 0.1) is 5.69 Å². The number of anilines is 1. The van der Waals surface area contributed by atoms with E-state index < -0.39 is 0 Å². The Morgan fingerprint density at radius 2 is 2.27 bits per heavy atom. The number of hydrogen-bond donors (Lipinski definition) is 1. The summed E-state index contributed by atoms with van der Waals surface area (Å²) in [6, 6.07) is 0. The third-order valence-electron chi connectivity index (χ3n) is 2.33. The van der Waals surface area contributed by atoms with Crippen molar-refractivity contribution in [1.82, 2.24) is 4.98 Å². The Morgan fingerprint density at radius 1 is 1.55 bits per heavy atom. The van der Waals surface area contributed by atoms with Crippen LogP contribution in [-0.2, 0) is 11.8 Å². The number of aryl methyl sites for hydroxylation is 1. The molecule has 0 bridgehead atoms. The van der Waals surface area contributed by atoms with Crippen molar-refractivity contribution in [2.75, 3.05) is 5.73 Å². The number of rotatable bonds is 0. The molecule has 0 saturated carbocycles. The zero-order valence-corrected chi connectivity index (χ0v) is 7.66. The zero-order chi connectivity index (χ0) is 8.06. The molecule has 11 heavy (non-hydrogen) atoms. The summed E-state index contributed by atoms with van der Waals surface area (Å²) in [5.41, 5.74) is 7.12. The van der Waals surface area contributed by atoms with Crippen molar-refractivity contribution in [3.8, 4) is 0 Å². The number of nitrogens with two attached hydrogens (primary N) is 1. The van der Waals surface area contributed by atoms with Crippen molar-refractivity contribution in [2.24, 2.45) is 0 Å². The summed E-state index contributed by atoms with van der Waals surface area (Å²) in [4.78, 5) is 5.74. The molecule has 0 aromatic carbocycles. The van der Waals surface area contributed by atoms with Gasteiger partial charge in [0.25, 0.3) is 0 Å². The average molecular weight is 168 g/mol. The van der Waals surface area contributed by atoms with Crippen molar-refractivity contribution in [1.29, 1.82) is 0 Å². The van der Waals surface area contributed by atoms with Crippen LogP contribution < -0.4 is 5.73 Å². The van der Waals surface area contributed by atoms with Gasteiger partial charge in [0.2, 0.25) is 0 Å². The van der Waals surface area contributed by atoms with Gasteiger partial charge in [0, 0.05) is 10.3 Å². The van der Waals surface area contributed by atoms with Gasteiger partial charge in [0.15, 0.2) is 5.13 Å². The van der Waals surface area contributed by atoms with Crippen LogP contribution in [0.5, 0.6) is 0 Å². The van der Waals surface area contributed by atoms with Crippen LogP contribution in [0.2, 0.25) is 0 Å². The maximum Gasteiger partial charge on any atom is 0.180 e. The van der Waals surface area contributed by atoms with E-state index in [4.69, 9.17) is 5.73 Å². The van der Waals surface area contributed by atoms with E-state index in [1.54, 1.807) is 11.3 Å². The van der Waals surface area contributed by atoms with E-state index in [1.807, 2.05) is 0 Å². The van der Waals surface area contributed by atoms with Crippen LogP contribution in [0.25, 0.3) is 0 Å². The molecule has 0 fully saturated rings. The van der Waals surface area contributed by atoms with Gasteiger partial charge in [-0.2, -0.15) is 0 Å². The topological polar surface area (TPSA) is 38.9 Å². The molecular weight excluding hydrogens is 156 g/mol. The predicted molar refractivity (Wildman–Crippen MR) is 47.9 cm³/mol. The molecule has 2 rings (SSSR count). The van der Waals surface area contributed by atoms with Crippen molar-refractivity contribution in [2.45, 2.75) is 32.1 Å². The van der Waals surface area contributed by atoms with Gasteiger partial charge in [-0.3, -0.25) is 0 Å². The minimum atomic E-state index is 0.267. The molecule has 0 saturated heterocycles. The van der Waals surface area contributed by atoms with Gasteiger partial charge in [-0.1, -0.05) is 13.8 Å². The third-order valence-corrected chi connectivity index (χ3v) is 3.28. The Bertz CT molecular complexity index is 288. The highest BCUT2D eigenvalue weighted by molar-refractivity contribution is 7.15. The van der Waals surface area contributed by atoms with Gasteiger partial charge < -0.3 is 5.73 Å². The molecule has 1 aromatic rings. The second-order valence-electron chi connectivity index (χ2n) is 3.71. The van der Waals surface area contributed by atoms with Crippen molar-refractivity contribution >= 4 is 16.5 Å². The molecule has 0 spiro atoms. The van der Waals surface area contributed by atoms with Crippen LogP contribution in [0.3, 0.4) is 0 Å². The summed E-state index contributed by atoms with van der Waals surface area (Å²) >= 11 is 1.65. The standard InChI is InChI=1S/C8H12N2S/c1-8(2)4-3-5-6(8)10-7(9)11-5/h3-4H2,1-2H3,(H2,9,10). The first-order valence-electron chi connectivity index (χ1n) is 3.85. The van der Waals surface area contributed by atoms with Gasteiger partial charge in [-0.15, -0.1) is 11.3 Å². The number of nitrogen functional groups attached to an aromatic ring is 1. The minimum absolute atomic E-state index is 0.267.